The highest BCUT2D eigenvalue weighted by molar-refractivity contribution is 6.06. The van der Waals surface area contributed by atoms with Gasteiger partial charge in [0.05, 0.1) is 11.1 Å². The fourth-order valence-electron chi connectivity index (χ4n) is 2.22. The summed E-state index contributed by atoms with van der Waals surface area (Å²) in [6.07, 6.45) is 1.42. The Morgan fingerprint density at radius 3 is 2.37 bits per heavy atom. The molecule has 0 spiro atoms. The van der Waals surface area contributed by atoms with Crippen LogP contribution in [-0.4, -0.2) is 16.1 Å². The predicted octanol–water partition coefficient (Wildman–Crippen LogP) is 3.60. The van der Waals surface area contributed by atoms with E-state index in [4.69, 9.17) is 0 Å². The highest BCUT2D eigenvalue weighted by Crippen LogP contribution is 2.30. The number of benzene rings is 2. The Balaban J connectivity index is 2.42. The number of carboxylic acids is 1. The van der Waals surface area contributed by atoms with Gasteiger partial charge in [0, 0.05) is 17.1 Å². The number of nitrogens with zero attached hydrogens (tertiary/aromatic N) is 1. The zero-order chi connectivity index (χ0) is 13.2. The van der Waals surface area contributed by atoms with E-state index in [2.05, 4.69) is 4.98 Å². The number of para-hydroxylation sites is 1. The predicted molar refractivity (Wildman–Crippen MR) is 74.1 cm³/mol. The van der Waals surface area contributed by atoms with Gasteiger partial charge < -0.3 is 5.11 Å². The van der Waals surface area contributed by atoms with Crippen LogP contribution in [0, 0.1) is 0 Å². The average Bonchev–Trinajstić information content (AvgIpc) is 2.46. The molecule has 0 unspecified atom stereocenters. The van der Waals surface area contributed by atoms with Crippen LogP contribution in [0.4, 0.5) is 0 Å². The van der Waals surface area contributed by atoms with Crippen molar-refractivity contribution in [2.24, 2.45) is 0 Å². The molecular weight excluding hydrogens is 238 g/mol. The highest BCUT2D eigenvalue weighted by Gasteiger charge is 2.15. The molecule has 0 aliphatic carbocycles. The molecule has 3 rings (SSSR count). The van der Waals surface area contributed by atoms with E-state index in [1.807, 2.05) is 54.6 Å². The molecule has 3 nitrogen and oxygen atoms in total. The molecule has 0 aliphatic heterocycles. The van der Waals surface area contributed by atoms with Crippen LogP contribution in [0.5, 0.6) is 0 Å². The summed E-state index contributed by atoms with van der Waals surface area (Å²) in [6, 6.07) is 17.1. The van der Waals surface area contributed by atoms with Gasteiger partial charge in [-0.05, 0) is 11.6 Å². The van der Waals surface area contributed by atoms with Crippen LogP contribution in [0.25, 0.3) is 22.0 Å². The molecule has 1 heterocycles. The third-order valence-corrected chi connectivity index (χ3v) is 3.07. The minimum Gasteiger partial charge on any atom is -0.478 e. The van der Waals surface area contributed by atoms with Crippen LogP contribution in [0.15, 0.2) is 60.8 Å². The van der Waals surface area contributed by atoms with Crippen molar-refractivity contribution in [3.8, 4) is 11.1 Å². The van der Waals surface area contributed by atoms with Gasteiger partial charge in [0.15, 0.2) is 0 Å². The van der Waals surface area contributed by atoms with E-state index in [-0.39, 0.29) is 5.56 Å². The second kappa shape index (κ2) is 4.53. The number of rotatable bonds is 2. The lowest BCUT2D eigenvalue weighted by atomic mass is 9.96. The molecule has 3 heteroatoms. The Morgan fingerprint density at radius 1 is 0.947 bits per heavy atom. The van der Waals surface area contributed by atoms with E-state index in [1.54, 1.807) is 0 Å². The summed E-state index contributed by atoms with van der Waals surface area (Å²) in [5, 5.41) is 10.2. The Morgan fingerprint density at radius 2 is 1.63 bits per heavy atom. The molecule has 0 bridgehead atoms. The number of carbonyl (C=O) groups is 1. The average molecular weight is 249 g/mol. The van der Waals surface area contributed by atoms with Crippen LogP contribution in [-0.2, 0) is 0 Å². The number of fused-ring (bicyclic) bond motifs is 1. The molecule has 92 valence electrons. The smallest absolute Gasteiger partial charge is 0.337 e. The third-order valence-electron chi connectivity index (χ3n) is 3.07. The zero-order valence-electron chi connectivity index (χ0n) is 10.1. The molecule has 0 fully saturated rings. The molecule has 0 aliphatic rings. The number of pyridine rings is 1. The molecule has 19 heavy (non-hydrogen) atoms. The summed E-state index contributed by atoms with van der Waals surface area (Å²) >= 11 is 0. The van der Waals surface area contributed by atoms with E-state index in [1.165, 1.54) is 6.20 Å². The molecule has 0 atom stereocenters. The minimum atomic E-state index is -0.961. The van der Waals surface area contributed by atoms with Crippen molar-refractivity contribution in [3.05, 3.63) is 66.4 Å². The van der Waals surface area contributed by atoms with E-state index >= 15 is 0 Å². The molecule has 1 aromatic heterocycles. The summed E-state index contributed by atoms with van der Waals surface area (Å²) in [5.74, 6) is -0.961. The summed E-state index contributed by atoms with van der Waals surface area (Å²) in [6.45, 7) is 0. The quantitative estimate of drug-likeness (QED) is 0.754. The van der Waals surface area contributed by atoms with E-state index in [0.29, 0.717) is 0 Å². The van der Waals surface area contributed by atoms with Crippen molar-refractivity contribution in [1.82, 2.24) is 4.98 Å². The van der Waals surface area contributed by atoms with Crippen LogP contribution >= 0.6 is 0 Å². The first-order chi connectivity index (χ1) is 9.27. The van der Waals surface area contributed by atoms with Crippen molar-refractivity contribution in [2.75, 3.05) is 0 Å². The van der Waals surface area contributed by atoms with Gasteiger partial charge >= 0.3 is 5.97 Å². The number of aromatic carboxylic acids is 1. The standard InChI is InChI=1S/C16H11NO2/c18-16(19)13-10-17-14-9-5-4-8-12(14)15(13)11-6-2-1-3-7-11/h1-10H,(H,18,19). The van der Waals surface area contributed by atoms with Gasteiger partial charge in [-0.15, -0.1) is 0 Å². The molecular formula is C16H11NO2. The topological polar surface area (TPSA) is 50.2 Å². The molecule has 0 saturated carbocycles. The van der Waals surface area contributed by atoms with Crippen molar-refractivity contribution >= 4 is 16.9 Å². The maximum absolute atomic E-state index is 11.4. The van der Waals surface area contributed by atoms with E-state index in [0.717, 1.165) is 22.0 Å². The Hall–Kier alpha value is -2.68. The lowest BCUT2D eigenvalue weighted by molar-refractivity contribution is 0.0697. The van der Waals surface area contributed by atoms with Gasteiger partial charge in [0.2, 0.25) is 0 Å². The first kappa shape index (κ1) is 11.4. The second-order valence-corrected chi connectivity index (χ2v) is 4.24. The van der Waals surface area contributed by atoms with Gasteiger partial charge in [-0.1, -0.05) is 48.5 Å². The molecule has 0 radical (unpaired) electrons. The zero-order valence-corrected chi connectivity index (χ0v) is 10.1. The van der Waals surface area contributed by atoms with Gasteiger partial charge in [0.1, 0.15) is 0 Å². The normalized spacial score (nSPS) is 10.5. The first-order valence-corrected chi connectivity index (χ1v) is 5.94. The maximum Gasteiger partial charge on any atom is 0.337 e. The number of hydrogen-bond acceptors (Lipinski definition) is 2. The third kappa shape index (κ3) is 1.95. The Kier molecular flexibility index (Phi) is 2.72. The number of hydrogen-bond donors (Lipinski definition) is 1. The van der Waals surface area contributed by atoms with Crippen LogP contribution in [0.3, 0.4) is 0 Å². The monoisotopic (exact) mass is 249 g/mol. The molecule has 0 saturated heterocycles. The van der Waals surface area contributed by atoms with Gasteiger partial charge in [-0.25, -0.2) is 4.79 Å². The lowest BCUT2D eigenvalue weighted by Crippen LogP contribution is -2.01. The van der Waals surface area contributed by atoms with Crippen LogP contribution in [0.1, 0.15) is 10.4 Å². The van der Waals surface area contributed by atoms with Crippen LogP contribution in [0.2, 0.25) is 0 Å². The van der Waals surface area contributed by atoms with E-state index in [9.17, 15) is 9.90 Å². The van der Waals surface area contributed by atoms with Crippen molar-refractivity contribution in [3.63, 3.8) is 0 Å². The largest absolute Gasteiger partial charge is 0.478 e. The molecule has 1 N–H and O–H groups in total. The van der Waals surface area contributed by atoms with Crippen molar-refractivity contribution < 1.29 is 9.90 Å². The molecule has 3 aromatic rings. The summed E-state index contributed by atoms with van der Waals surface area (Å²) in [7, 11) is 0. The van der Waals surface area contributed by atoms with Gasteiger partial charge in [0.25, 0.3) is 0 Å². The summed E-state index contributed by atoms with van der Waals surface area (Å²) in [4.78, 5) is 15.6. The lowest BCUT2D eigenvalue weighted by Gasteiger charge is -2.09. The van der Waals surface area contributed by atoms with Crippen molar-refractivity contribution in [1.29, 1.82) is 0 Å². The molecule has 2 aromatic carbocycles. The van der Waals surface area contributed by atoms with Gasteiger partial charge in [-0.3, -0.25) is 4.98 Å². The fraction of sp³-hybridized carbons (Fsp3) is 0. The Labute approximate surface area is 110 Å². The van der Waals surface area contributed by atoms with Gasteiger partial charge in [-0.2, -0.15) is 0 Å². The second-order valence-electron chi connectivity index (χ2n) is 4.24. The first-order valence-electron chi connectivity index (χ1n) is 5.94. The number of aromatic nitrogens is 1. The van der Waals surface area contributed by atoms with E-state index < -0.39 is 5.97 Å². The minimum absolute atomic E-state index is 0.227. The maximum atomic E-state index is 11.4. The fourth-order valence-corrected chi connectivity index (χ4v) is 2.22. The summed E-state index contributed by atoms with van der Waals surface area (Å²) < 4.78 is 0. The SMILES string of the molecule is O=C(O)c1cnc2ccccc2c1-c1ccccc1. The number of carboxylic acid groups (broad SMARTS) is 1. The summed E-state index contributed by atoms with van der Waals surface area (Å²) in [5.41, 5.74) is 2.63. The highest BCUT2D eigenvalue weighted by atomic mass is 16.4. The molecule has 0 amide bonds. The Bertz CT molecular complexity index is 751. The van der Waals surface area contributed by atoms with Crippen molar-refractivity contribution in [2.45, 2.75) is 0 Å². The van der Waals surface area contributed by atoms with Crippen LogP contribution < -0.4 is 0 Å².